The Labute approximate surface area is 90.7 Å². The number of methoxy groups -OCH3 is 1. The van der Waals surface area contributed by atoms with Gasteiger partial charge in [-0.2, -0.15) is 0 Å². The number of carbonyl (C=O) groups excluding carboxylic acids is 1. The molecular formula is C12H17NO2. The van der Waals surface area contributed by atoms with Crippen molar-refractivity contribution in [1.29, 1.82) is 0 Å². The van der Waals surface area contributed by atoms with Crippen LogP contribution in [0.15, 0.2) is 30.3 Å². The van der Waals surface area contributed by atoms with E-state index in [4.69, 9.17) is 4.74 Å². The topological polar surface area (TPSA) is 29.5 Å². The minimum absolute atomic E-state index is 0.201. The number of hydrogen-bond acceptors (Lipinski definition) is 3. The van der Waals surface area contributed by atoms with Crippen LogP contribution in [0.2, 0.25) is 0 Å². The molecule has 0 N–H and O–H groups in total. The highest BCUT2D eigenvalue weighted by Gasteiger charge is 2.17. The monoisotopic (exact) mass is 207 g/mol. The van der Waals surface area contributed by atoms with Gasteiger partial charge in [0.25, 0.3) is 0 Å². The number of ether oxygens (including phenoxy) is 1. The van der Waals surface area contributed by atoms with Crippen molar-refractivity contribution in [3.05, 3.63) is 35.9 Å². The maximum absolute atomic E-state index is 11.3. The zero-order valence-electron chi connectivity index (χ0n) is 9.43. The first-order valence-electron chi connectivity index (χ1n) is 4.97. The number of benzene rings is 1. The molecule has 3 heteroatoms. The Balaban J connectivity index is 2.56. The standard InChI is InChI=1S/C12H17NO2/c1-10(12(14)15-3)13(2)9-11-7-5-4-6-8-11/h4-8,10H,9H2,1-3H3. The molecule has 15 heavy (non-hydrogen) atoms. The first-order chi connectivity index (χ1) is 7.15. The molecule has 0 aromatic heterocycles. The van der Waals surface area contributed by atoms with Gasteiger partial charge in [-0.3, -0.25) is 9.69 Å². The molecular weight excluding hydrogens is 190 g/mol. The molecule has 0 radical (unpaired) electrons. The van der Waals surface area contributed by atoms with Gasteiger partial charge in [0.2, 0.25) is 0 Å². The van der Waals surface area contributed by atoms with E-state index in [1.165, 1.54) is 12.7 Å². The van der Waals surface area contributed by atoms with Gasteiger partial charge in [0.05, 0.1) is 7.11 Å². The van der Waals surface area contributed by atoms with E-state index in [9.17, 15) is 4.79 Å². The number of hydrogen-bond donors (Lipinski definition) is 0. The van der Waals surface area contributed by atoms with Crippen LogP contribution in [0.1, 0.15) is 12.5 Å². The molecule has 0 saturated heterocycles. The summed E-state index contributed by atoms with van der Waals surface area (Å²) in [7, 11) is 3.32. The van der Waals surface area contributed by atoms with Gasteiger partial charge in [-0.15, -0.1) is 0 Å². The highest BCUT2D eigenvalue weighted by atomic mass is 16.5. The van der Waals surface area contributed by atoms with E-state index < -0.39 is 0 Å². The molecule has 1 rings (SSSR count). The summed E-state index contributed by atoms with van der Waals surface area (Å²) in [4.78, 5) is 13.2. The van der Waals surface area contributed by atoms with Crippen LogP contribution < -0.4 is 0 Å². The molecule has 1 atom stereocenters. The second kappa shape index (κ2) is 5.51. The second-order valence-corrected chi connectivity index (χ2v) is 3.60. The molecule has 0 amide bonds. The van der Waals surface area contributed by atoms with E-state index in [1.54, 1.807) is 0 Å². The predicted molar refractivity (Wildman–Crippen MR) is 59.4 cm³/mol. The fraction of sp³-hybridized carbons (Fsp3) is 0.417. The van der Waals surface area contributed by atoms with Crippen LogP contribution in [0.3, 0.4) is 0 Å². The van der Waals surface area contributed by atoms with Crippen molar-refractivity contribution < 1.29 is 9.53 Å². The van der Waals surface area contributed by atoms with Gasteiger partial charge >= 0.3 is 5.97 Å². The first kappa shape index (κ1) is 11.7. The van der Waals surface area contributed by atoms with Crippen molar-refractivity contribution in [1.82, 2.24) is 4.90 Å². The Kier molecular flexibility index (Phi) is 4.31. The molecule has 0 aliphatic heterocycles. The molecule has 1 aromatic rings. The summed E-state index contributed by atoms with van der Waals surface area (Å²) in [5.74, 6) is -0.201. The quantitative estimate of drug-likeness (QED) is 0.703. The van der Waals surface area contributed by atoms with E-state index in [0.29, 0.717) is 0 Å². The van der Waals surface area contributed by atoms with Crippen LogP contribution in [0.4, 0.5) is 0 Å². The van der Waals surface area contributed by atoms with Crippen LogP contribution in [0, 0.1) is 0 Å². The summed E-state index contributed by atoms with van der Waals surface area (Å²) in [6.07, 6.45) is 0. The summed E-state index contributed by atoms with van der Waals surface area (Å²) in [5, 5.41) is 0. The molecule has 1 unspecified atom stereocenters. The maximum atomic E-state index is 11.3. The van der Waals surface area contributed by atoms with Crippen molar-refractivity contribution in [3.8, 4) is 0 Å². The van der Waals surface area contributed by atoms with E-state index >= 15 is 0 Å². The van der Waals surface area contributed by atoms with Gasteiger partial charge in [0.15, 0.2) is 0 Å². The zero-order valence-corrected chi connectivity index (χ0v) is 9.43. The highest BCUT2D eigenvalue weighted by molar-refractivity contribution is 5.75. The van der Waals surface area contributed by atoms with Crippen molar-refractivity contribution >= 4 is 5.97 Å². The summed E-state index contributed by atoms with van der Waals surface area (Å²) < 4.78 is 4.69. The molecule has 0 saturated carbocycles. The fourth-order valence-corrected chi connectivity index (χ4v) is 1.36. The summed E-state index contributed by atoms with van der Waals surface area (Å²) in [6.45, 7) is 2.59. The van der Waals surface area contributed by atoms with Crippen LogP contribution in [-0.4, -0.2) is 31.1 Å². The molecule has 0 fully saturated rings. The second-order valence-electron chi connectivity index (χ2n) is 3.60. The lowest BCUT2D eigenvalue weighted by molar-refractivity contribution is -0.145. The normalized spacial score (nSPS) is 12.5. The van der Waals surface area contributed by atoms with E-state index in [-0.39, 0.29) is 12.0 Å². The third-order valence-corrected chi connectivity index (χ3v) is 2.48. The van der Waals surface area contributed by atoms with Gasteiger partial charge in [-0.05, 0) is 19.5 Å². The minimum Gasteiger partial charge on any atom is -0.468 e. The number of esters is 1. The first-order valence-corrected chi connectivity index (χ1v) is 4.97. The Morgan fingerprint density at radius 1 is 1.40 bits per heavy atom. The third kappa shape index (κ3) is 3.36. The lowest BCUT2D eigenvalue weighted by atomic mass is 10.2. The zero-order chi connectivity index (χ0) is 11.3. The Bertz CT molecular complexity index is 311. The van der Waals surface area contributed by atoms with Crippen molar-refractivity contribution in [2.45, 2.75) is 19.5 Å². The van der Waals surface area contributed by atoms with Crippen LogP contribution in [0.25, 0.3) is 0 Å². The number of nitrogens with zero attached hydrogens (tertiary/aromatic N) is 1. The molecule has 0 spiro atoms. The molecule has 0 aliphatic carbocycles. The number of rotatable bonds is 4. The maximum Gasteiger partial charge on any atom is 0.322 e. The largest absolute Gasteiger partial charge is 0.468 e. The van der Waals surface area contributed by atoms with Crippen LogP contribution in [0.5, 0.6) is 0 Å². The molecule has 0 bridgehead atoms. The van der Waals surface area contributed by atoms with Gasteiger partial charge in [0, 0.05) is 6.54 Å². The number of likely N-dealkylation sites (N-methyl/N-ethyl adjacent to an activating group) is 1. The van der Waals surface area contributed by atoms with Crippen molar-refractivity contribution in [2.75, 3.05) is 14.2 Å². The van der Waals surface area contributed by atoms with E-state index in [2.05, 4.69) is 0 Å². The van der Waals surface area contributed by atoms with E-state index in [0.717, 1.165) is 6.54 Å². The van der Waals surface area contributed by atoms with Gasteiger partial charge in [-0.25, -0.2) is 0 Å². The minimum atomic E-state index is -0.213. The molecule has 1 aromatic carbocycles. The Morgan fingerprint density at radius 2 is 2.00 bits per heavy atom. The third-order valence-electron chi connectivity index (χ3n) is 2.48. The van der Waals surface area contributed by atoms with E-state index in [1.807, 2.05) is 49.2 Å². The van der Waals surface area contributed by atoms with Gasteiger partial charge in [-0.1, -0.05) is 30.3 Å². The average molecular weight is 207 g/mol. The molecule has 82 valence electrons. The SMILES string of the molecule is COC(=O)C(C)N(C)Cc1ccccc1. The summed E-state index contributed by atoms with van der Waals surface area (Å²) in [6, 6.07) is 9.84. The molecule has 0 aliphatic rings. The van der Waals surface area contributed by atoms with Gasteiger partial charge < -0.3 is 4.74 Å². The Hall–Kier alpha value is -1.35. The smallest absolute Gasteiger partial charge is 0.322 e. The fourth-order valence-electron chi connectivity index (χ4n) is 1.36. The molecule has 3 nitrogen and oxygen atoms in total. The summed E-state index contributed by atoms with van der Waals surface area (Å²) in [5.41, 5.74) is 1.19. The summed E-state index contributed by atoms with van der Waals surface area (Å²) >= 11 is 0. The van der Waals surface area contributed by atoms with Crippen LogP contribution >= 0.6 is 0 Å². The van der Waals surface area contributed by atoms with Gasteiger partial charge in [0.1, 0.15) is 6.04 Å². The lowest BCUT2D eigenvalue weighted by Gasteiger charge is -2.22. The number of carbonyl (C=O) groups is 1. The predicted octanol–water partition coefficient (Wildman–Crippen LogP) is 1.68. The van der Waals surface area contributed by atoms with Crippen molar-refractivity contribution in [2.24, 2.45) is 0 Å². The van der Waals surface area contributed by atoms with Crippen molar-refractivity contribution in [3.63, 3.8) is 0 Å². The average Bonchev–Trinajstić information content (AvgIpc) is 2.28. The highest BCUT2D eigenvalue weighted by Crippen LogP contribution is 2.06. The lowest BCUT2D eigenvalue weighted by Crippen LogP contribution is -2.36. The Morgan fingerprint density at radius 3 is 2.53 bits per heavy atom. The van der Waals surface area contributed by atoms with Crippen LogP contribution in [-0.2, 0) is 16.1 Å². The molecule has 0 heterocycles.